The fourth-order valence-corrected chi connectivity index (χ4v) is 15.0. The number of hydrogen-bond donors (Lipinski definition) is 0. The summed E-state index contributed by atoms with van der Waals surface area (Å²) in [5.74, 6) is 2.20. The molecule has 2 spiro atoms. The molecule has 5 aliphatic rings. The smallest absolute Gasteiger partial charge is 0.137 e. The molecule has 4 unspecified atom stereocenters. The third-order valence-electron chi connectivity index (χ3n) is 17.6. The highest BCUT2D eigenvalue weighted by Crippen LogP contribution is 2.65. The van der Waals surface area contributed by atoms with Crippen LogP contribution in [0, 0.1) is 17.8 Å². The zero-order valence-corrected chi connectivity index (χ0v) is 37.5. The quantitative estimate of drug-likeness (QED) is 0.172. The number of rotatable bonds is 5. The Balaban J connectivity index is 0.993. The summed E-state index contributed by atoms with van der Waals surface area (Å²) in [6.07, 6.45) is 14.3. The Kier molecular flexibility index (Phi) is 8.35. The van der Waals surface area contributed by atoms with E-state index in [0.29, 0.717) is 11.8 Å². The highest BCUT2D eigenvalue weighted by atomic mass is 16.3. The van der Waals surface area contributed by atoms with E-state index in [9.17, 15) is 0 Å². The Hall–Kier alpha value is -6.38. The number of hydrogen-bond acceptors (Lipinski definition) is 2. The van der Waals surface area contributed by atoms with Crippen LogP contribution < -0.4 is 4.90 Å². The van der Waals surface area contributed by atoms with Gasteiger partial charge in [0.2, 0.25) is 0 Å². The van der Waals surface area contributed by atoms with E-state index in [0.717, 1.165) is 33.5 Å². The second-order valence-corrected chi connectivity index (χ2v) is 20.5. The molecule has 0 saturated heterocycles. The minimum Gasteiger partial charge on any atom is -0.456 e. The van der Waals surface area contributed by atoms with Crippen molar-refractivity contribution in [3.8, 4) is 33.4 Å². The largest absolute Gasteiger partial charge is 0.456 e. The Morgan fingerprint density at radius 2 is 1.18 bits per heavy atom. The number of benzene rings is 8. The average molecular weight is 842 g/mol. The molecule has 1 aromatic heterocycles. The van der Waals surface area contributed by atoms with Gasteiger partial charge in [-0.15, -0.1) is 0 Å². The maximum Gasteiger partial charge on any atom is 0.137 e. The summed E-state index contributed by atoms with van der Waals surface area (Å²) >= 11 is 0. The molecule has 318 valence electrons. The van der Waals surface area contributed by atoms with Crippen molar-refractivity contribution in [1.29, 1.82) is 0 Å². The monoisotopic (exact) mass is 841 g/mol. The lowest BCUT2D eigenvalue weighted by Gasteiger charge is -2.54. The van der Waals surface area contributed by atoms with Crippen LogP contribution in [0.1, 0.15) is 99.8 Å². The molecule has 4 atom stereocenters. The highest BCUT2D eigenvalue weighted by Gasteiger charge is 2.56. The predicted molar refractivity (Wildman–Crippen MR) is 271 cm³/mol. The number of anilines is 3. The maximum absolute atomic E-state index is 6.63. The van der Waals surface area contributed by atoms with Crippen LogP contribution in [-0.2, 0) is 10.8 Å². The van der Waals surface area contributed by atoms with E-state index in [1.54, 1.807) is 11.1 Å². The number of para-hydroxylation sites is 1. The molecule has 3 saturated carbocycles. The molecule has 2 heteroatoms. The van der Waals surface area contributed by atoms with Gasteiger partial charge in [-0.2, -0.15) is 0 Å². The number of fused-ring (bicyclic) bond motifs is 17. The molecule has 0 N–H and O–H groups in total. The van der Waals surface area contributed by atoms with E-state index in [1.807, 2.05) is 0 Å². The summed E-state index contributed by atoms with van der Waals surface area (Å²) in [7, 11) is 0. The van der Waals surface area contributed by atoms with Crippen molar-refractivity contribution >= 4 is 49.8 Å². The van der Waals surface area contributed by atoms with Crippen LogP contribution in [0.3, 0.4) is 0 Å². The predicted octanol–water partition coefficient (Wildman–Crippen LogP) is 17.6. The molecule has 1 heterocycles. The molecule has 0 amide bonds. The lowest BCUT2D eigenvalue weighted by atomic mass is 9.50. The van der Waals surface area contributed by atoms with Crippen LogP contribution in [0.5, 0.6) is 0 Å². The van der Waals surface area contributed by atoms with Crippen molar-refractivity contribution in [2.75, 3.05) is 4.90 Å². The van der Waals surface area contributed by atoms with Crippen LogP contribution in [0.15, 0.2) is 168 Å². The second-order valence-electron chi connectivity index (χ2n) is 20.5. The van der Waals surface area contributed by atoms with Crippen LogP contribution in [0.2, 0.25) is 0 Å². The van der Waals surface area contributed by atoms with Crippen molar-refractivity contribution in [2.24, 2.45) is 17.8 Å². The van der Waals surface area contributed by atoms with Crippen LogP contribution in [0.25, 0.3) is 66.1 Å². The summed E-state index contributed by atoms with van der Waals surface area (Å²) in [6, 6.07) is 63.1. The minimum absolute atomic E-state index is 0.0505. The van der Waals surface area contributed by atoms with E-state index in [1.165, 1.54) is 137 Å². The van der Waals surface area contributed by atoms with Gasteiger partial charge in [0.15, 0.2) is 0 Å². The van der Waals surface area contributed by atoms with Gasteiger partial charge in [0.1, 0.15) is 11.2 Å². The zero-order chi connectivity index (χ0) is 42.9. The molecule has 14 rings (SSSR count). The molecule has 5 aliphatic carbocycles. The van der Waals surface area contributed by atoms with Gasteiger partial charge in [-0.1, -0.05) is 155 Å². The highest BCUT2D eigenvalue weighted by molar-refractivity contribution is 6.07. The van der Waals surface area contributed by atoms with Crippen LogP contribution in [-0.4, -0.2) is 0 Å². The Morgan fingerprint density at radius 3 is 2.06 bits per heavy atom. The molecule has 2 nitrogen and oxygen atoms in total. The van der Waals surface area contributed by atoms with E-state index in [-0.39, 0.29) is 10.8 Å². The molecule has 2 bridgehead atoms. The molecule has 0 radical (unpaired) electrons. The molecule has 0 aliphatic heterocycles. The van der Waals surface area contributed by atoms with Crippen molar-refractivity contribution in [3.05, 3.63) is 186 Å². The standard InChI is InChI=1S/C63H55NO/c1-2-43-33-40-15-14-17-44(34-40)63(43)57-23-10-7-20-50(57)52-28-25-42(36-59(52)63)55-37-47(35-41-16-4-5-18-48(41)55)64(46-27-30-54-53-21-8-11-24-60(53)65-61(54)39-46)45-26-29-51-49-19-6-9-22-56(49)62(58(51)38-45)31-12-3-13-32-62/h4-11,16,18-30,35-40,43-44H,2-3,12-15,17,31-34H2,1H3. The van der Waals surface area contributed by atoms with E-state index in [2.05, 4.69) is 176 Å². The van der Waals surface area contributed by atoms with Crippen molar-refractivity contribution < 1.29 is 4.42 Å². The fourth-order valence-electron chi connectivity index (χ4n) is 15.0. The van der Waals surface area contributed by atoms with Crippen molar-refractivity contribution in [1.82, 2.24) is 0 Å². The fraction of sp³-hybridized carbons (Fsp3) is 0.270. The van der Waals surface area contributed by atoms with E-state index >= 15 is 0 Å². The van der Waals surface area contributed by atoms with Crippen LogP contribution >= 0.6 is 0 Å². The zero-order valence-electron chi connectivity index (χ0n) is 37.5. The summed E-state index contributed by atoms with van der Waals surface area (Å²) in [4.78, 5) is 2.53. The SMILES string of the molecule is CCC1CC2CCCC(C2)C12c1ccccc1-c1ccc(-c3cc(N(c4ccc5c(c4)C4(CCCCC4)c4ccccc4-5)c4ccc5c(c4)oc4ccccc45)cc4ccccc34)cc12. The number of nitrogens with zero attached hydrogens (tertiary/aromatic N) is 1. The van der Waals surface area contributed by atoms with Gasteiger partial charge in [0, 0.05) is 44.7 Å². The Morgan fingerprint density at radius 1 is 0.492 bits per heavy atom. The number of furan rings is 1. The Labute approximate surface area is 382 Å². The van der Waals surface area contributed by atoms with Gasteiger partial charge < -0.3 is 9.32 Å². The summed E-state index contributed by atoms with van der Waals surface area (Å²) < 4.78 is 6.63. The first kappa shape index (κ1) is 37.9. The topological polar surface area (TPSA) is 16.4 Å². The van der Waals surface area contributed by atoms with Crippen molar-refractivity contribution in [2.45, 2.75) is 88.4 Å². The molecule has 3 fully saturated rings. The lowest BCUT2D eigenvalue weighted by Crippen LogP contribution is -2.48. The van der Waals surface area contributed by atoms with Gasteiger partial charge in [0.25, 0.3) is 0 Å². The molecular weight excluding hydrogens is 787 g/mol. The Bertz CT molecular complexity index is 3380. The average Bonchev–Trinajstić information content (AvgIpc) is 3.97. The summed E-state index contributed by atoms with van der Waals surface area (Å²) in [5.41, 5.74) is 20.0. The second kappa shape index (κ2) is 14.3. The summed E-state index contributed by atoms with van der Waals surface area (Å²) in [5, 5.41) is 4.86. The maximum atomic E-state index is 6.63. The summed E-state index contributed by atoms with van der Waals surface area (Å²) in [6.45, 7) is 2.47. The normalized spacial score (nSPS) is 22.3. The lowest BCUT2D eigenvalue weighted by molar-refractivity contribution is 0.0557. The first-order valence-corrected chi connectivity index (χ1v) is 24.9. The first-order valence-electron chi connectivity index (χ1n) is 24.9. The minimum atomic E-state index is 0.0505. The third-order valence-corrected chi connectivity index (χ3v) is 17.6. The molecule has 8 aromatic carbocycles. The van der Waals surface area contributed by atoms with Crippen LogP contribution in [0.4, 0.5) is 17.1 Å². The molecule has 65 heavy (non-hydrogen) atoms. The van der Waals surface area contributed by atoms with Gasteiger partial charge in [-0.3, -0.25) is 0 Å². The van der Waals surface area contributed by atoms with Crippen molar-refractivity contribution in [3.63, 3.8) is 0 Å². The van der Waals surface area contributed by atoms with Gasteiger partial charge in [-0.25, -0.2) is 0 Å². The first-order chi connectivity index (χ1) is 32.1. The van der Waals surface area contributed by atoms with E-state index in [4.69, 9.17) is 4.42 Å². The van der Waals surface area contributed by atoms with E-state index < -0.39 is 0 Å². The molecular formula is C63H55NO. The third kappa shape index (κ3) is 5.34. The van der Waals surface area contributed by atoms with Gasteiger partial charge in [-0.05, 0) is 165 Å². The van der Waals surface area contributed by atoms with Gasteiger partial charge >= 0.3 is 0 Å². The molecule has 9 aromatic rings. The van der Waals surface area contributed by atoms with Gasteiger partial charge in [0.05, 0.1) is 0 Å².